The summed E-state index contributed by atoms with van der Waals surface area (Å²) in [7, 11) is 0. The Bertz CT molecular complexity index is 366. The van der Waals surface area contributed by atoms with Crippen molar-refractivity contribution < 1.29 is 20.1 Å². The van der Waals surface area contributed by atoms with Gasteiger partial charge in [0.05, 0.1) is 12.3 Å². The average molecular weight is 240 g/mol. The van der Waals surface area contributed by atoms with Gasteiger partial charge in [-0.1, -0.05) is 6.07 Å². The minimum atomic E-state index is -1.17. The number of hydrogen-bond acceptors (Lipinski definition) is 5. The minimum Gasteiger partial charge on any atom is -0.392 e. The molecule has 2 unspecified atom stereocenters. The molecule has 0 aliphatic carbocycles. The molecule has 4 N–H and O–H groups in total. The third kappa shape index (κ3) is 4.10. The van der Waals surface area contributed by atoms with Crippen LogP contribution < -0.4 is 5.32 Å². The van der Waals surface area contributed by atoms with Crippen LogP contribution in [0.15, 0.2) is 18.3 Å². The highest BCUT2D eigenvalue weighted by molar-refractivity contribution is 5.72. The molecule has 0 fully saturated rings. The lowest BCUT2D eigenvalue weighted by atomic mass is 10.1. The van der Waals surface area contributed by atoms with E-state index < -0.39 is 12.2 Å². The van der Waals surface area contributed by atoms with Crippen molar-refractivity contribution in [1.29, 1.82) is 0 Å². The summed E-state index contributed by atoms with van der Waals surface area (Å²) in [5, 5.41) is 30.6. The quantitative estimate of drug-likeness (QED) is 0.534. The molecule has 0 spiro atoms. The van der Waals surface area contributed by atoms with Crippen LogP contribution in [0.4, 0.5) is 0 Å². The lowest BCUT2D eigenvalue weighted by Gasteiger charge is -2.17. The molecule has 0 aromatic carbocycles. The number of rotatable bonds is 5. The summed E-state index contributed by atoms with van der Waals surface area (Å²) in [6.07, 6.45) is -0.870. The van der Waals surface area contributed by atoms with Gasteiger partial charge in [0, 0.05) is 19.7 Å². The van der Waals surface area contributed by atoms with Crippen molar-refractivity contribution in [3.63, 3.8) is 0 Å². The summed E-state index contributed by atoms with van der Waals surface area (Å²) < 4.78 is 0. The van der Waals surface area contributed by atoms with Gasteiger partial charge in [-0.2, -0.15) is 0 Å². The third-order valence-electron chi connectivity index (χ3n) is 2.26. The second-order valence-electron chi connectivity index (χ2n) is 3.70. The fourth-order valence-corrected chi connectivity index (χ4v) is 1.26. The first-order chi connectivity index (χ1) is 8.04. The van der Waals surface area contributed by atoms with Crippen LogP contribution in [0.25, 0.3) is 0 Å². The number of nitrogens with one attached hydrogen (secondary N) is 1. The van der Waals surface area contributed by atoms with E-state index >= 15 is 0 Å². The van der Waals surface area contributed by atoms with Gasteiger partial charge in [0.15, 0.2) is 0 Å². The number of carbonyl (C=O) groups excluding carboxylic acids is 1. The van der Waals surface area contributed by atoms with E-state index in [4.69, 9.17) is 5.11 Å². The molecule has 0 saturated carbocycles. The van der Waals surface area contributed by atoms with Crippen molar-refractivity contribution in [2.45, 2.75) is 25.7 Å². The highest BCUT2D eigenvalue weighted by atomic mass is 16.3. The Morgan fingerprint density at radius 3 is 2.65 bits per heavy atom. The Labute approximate surface area is 98.9 Å². The molecule has 2 atom stereocenters. The summed E-state index contributed by atoms with van der Waals surface area (Å²) in [6, 6.07) is 3.13. The third-order valence-corrected chi connectivity index (χ3v) is 2.26. The minimum absolute atomic E-state index is 0.0417. The number of hydrogen-bond donors (Lipinski definition) is 4. The molecule has 1 aromatic rings. The van der Waals surface area contributed by atoms with E-state index in [2.05, 4.69) is 10.3 Å². The number of nitrogens with zero attached hydrogens (tertiary/aromatic N) is 1. The molecule has 6 heteroatoms. The fourth-order valence-electron chi connectivity index (χ4n) is 1.26. The van der Waals surface area contributed by atoms with Crippen LogP contribution in [0.3, 0.4) is 0 Å². The van der Waals surface area contributed by atoms with E-state index in [-0.39, 0.29) is 19.1 Å². The number of aromatic nitrogens is 1. The molecule has 17 heavy (non-hydrogen) atoms. The van der Waals surface area contributed by atoms with Gasteiger partial charge < -0.3 is 20.6 Å². The monoisotopic (exact) mass is 240 g/mol. The van der Waals surface area contributed by atoms with Crippen molar-refractivity contribution in [3.05, 3.63) is 29.6 Å². The van der Waals surface area contributed by atoms with Gasteiger partial charge >= 0.3 is 0 Å². The predicted octanol–water partition coefficient (Wildman–Crippen LogP) is -0.896. The average Bonchev–Trinajstić information content (AvgIpc) is 2.35. The summed E-state index contributed by atoms with van der Waals surface area (Å²) in [4.78, 5) is 14.6. The topological polar surface area (TPSA) is 103 Å². The molecule has 6 nitrogen and oxygen atoms in total. The van der Waals surface area contributed by atoms with Crippen LogP contribution in [-0.2, 0) is 11.4 Å². The van der Waals surface area contributed by atoms with Crippen LogP contribution >= 0.6 is 0 Å². The van der Waals surface area contributed by atoms with Crippen molar-refractivity contribution >= 4 is 5.91 Å². The van der Waals surface area contributed by atoms with Crippen molar-refractivity contribution in [3.8, 4) is 0 Å². The van der Waals surface area contributed by atoms with Crippen molar-refractivity contribution in [2.24, 2.45) is 0 Å². The van der Waals surface area contributed by atoms with Gasteiger partial charge in [0.2, 0.25) is 5.91 Å². The van der Waals surface area contributed by atoms with Gasteiger partial charge in [-0.3, -0.25) is 9.78 Å². The van der Waals surface area contributed by atoms with Gasteiger partial charge in [0.1, 0.15) is 12.2 Å². The molecule has 0 saturated heterocycles. The Kier molecular flexibility index (Phi) is 5.02. The molecular weight excluding hydrogens is 224 g/mol. The molecular formula is C11H16N2O4. The van der Waals surface area contributed by atoms with E-state index in [1.165, 1.54) is 19.2 Å². The molecule has 94 valence electrons. The summed E-state index contributed by atoms with van der Waals surface area (Å²) in [5.74, 6) is -0.278. The molecule has 1 heterocycles. The van der Waals surface area contributed by atoms with Gasteiger partial charge in [-0.25, -0.2) is 0 Å². The molecule has 0 aliphatic heterocycles. The highest BCUT2D eigenvalue weighted by Gasteiger charge is 2.19. The van der Waals surface area contributed by atoms with E-state index in [1.807, 2.05) is 0 Å². The first-order valence-electron chi connectivity index (χ1n) is 5.21. The molecule has 0 aliphatic rings. The van der Waals surface area contributed by atoms with Crippen molar-refractivity contribution in [1.82, 2.24) is 10.3 Å². The Balaban J connectivity index is 2.60. The fraction of sp³-hybridized carbons (Fsp3) is 0.455. The van der Waals surface area contributed by atoms with Crippen LogP contribution in [0, 0.1) is 0 Å². The maximum atomic E-state index is 10.6. The number of carbonyl (C=O) groups is 1. The number of aliphatic hydroxyl groups excluding tert-OH is 3. The Morgan fingerprint density at radius 1 is 1.47 bits per heavy atom. The Morgan fingerprint density at radius 2 is 2.18 bits per heavy atom. The second kappa shape index (κ2) is 6.29. The molecule has 1 amide bonds. The first kappa shape index (κ1) is 13.6. The predicted molar refractivity (Wildman–Crippen MR) is 59.8 cm³/mol. The normalized spacial score (nSPS) is 14.1. The van der Waals surface area contributed by atoms with Crippen molar-refractivity contribution in [2.75, 3.05) is 6.54 Å². The highest BCUT2D eigenvalue weighted by Crippen LogP contribution is 2.14. The number of amides is 1. The Hall–Kier alpha value is -1.50. The summed E-state index contributed by atoms with van der Waals surface area (Å²) in [5.41, 5.74) is 0.914. The maximum absolute atomic E-state index is 10.6. The van der Waals surface area contributed by atoms with E-state index in [0.29, 0.717) is 11.3 Å². The molecule has 1 rings (SSSR count). The van der Waals surface area contributed by atoms with E-state index in [9.17, 15) is 15.0 Å². The largest absolute Gasteiger partial charge is 0.392 e. The van der Waals surface area contributed by atoms with Crippen LogP contribution in [0.5, 0.6) is 0 Å². The van der Waals surface area contributed by atoms with Crippen LogP contribution in [0.1, 0.15) is 24.3 Å². The second-order valence-corrected chi connectivity index (χ2v) is 3.70. The lowest BCUT2D eigenvalue weighted by Crippen LogP contribution is -2.34. The zero-order chi connectivity index (χ0) is 12.8. The SMILES string of the molecule is CC(=O)NCC(O)C(O)c1ccc(CO)cn1. The van der Waals surface area contributed by atoms with Gasteiger partial charge in [-0.15, -0.1) is 0 Å². The summed E-state index contributed by atoms with van der Waals surface area (Å²) in [6.45, 7) is 1.16. The van der Waals surface area contributed by atoms with Gasteiger partial charge in [0.25, 0.3) is 0 Å². The van der Waals surface area contributed by atoms with E-state index in [0.717, 1.165) is 0 Å². The summed E-state index contributed by atoms with van der Waals surface area (Å²) >= 11 is 0. The lowest BCUT2D eigenvalue weighted by molar-refractivity contribution is -0.119. The maximum Gasteiger partial charge on any atom is 0.216 e. The smallest absolute Gasteiger partial charge is 0.216 e. The first-order valence-corrected chi connectivity index (χ1v) is 5.21. The van der Waals surface area contributed by atoms with Crippen LogP contribution in [-0.4, -0.2) is 38.9 Å². The zero-order valence-corrected chi connectivity index (χ0v) is 9.50. The van der Waals surface area contributed by atoms with E-state index in [1.54, 1.807) is 6.07 Å². The number of aliphatic hydroxyl groups is 3. The zero-order valence-electron chi connectivity index (χ0n) is 9.50. The van der Waals surface area contributed by atoms with Crippen LogP contribution in [0.2, 0.25) is 0 Å². The molecule has 1 aromatic heterocycles. The van der Waals surface area contributed by atoms with Gasteiger partial charge in [-0.05, 0) is 11.6 Å². The molecule has 0 radical (unpaired) electrons. The number of pyridine rings is 1. The molecule has 0 bridgehead atoms. The standard InChI is InChI=1S/C11H16N2O4/c1-7(15)12-5-10(16)11(17)9-3-2-8(6-14)4-13-9/h2-4,10-11,14,16-17H,5-6H2,1H3,(H,12,15).